The summed E-state index contributed by atoms with van der Waals surface area (Å²) in [5.41, 5.74) is 5.67. The number of nitrogens with zero attached hydrogens (tertiary/aromatic N) is 4. The van der Waals surface area contributed by atoms with Gasteiger partial charge in [0.2, 0.25) is 5.95 Å². The molecule has 0 unspecified atom stereocenters. The summed E-state index contributed by atoms with van der Waals surface area (Å²) < 4.78 is 6.09. The predicted molar refractivity (Wildman–Crippen MR) is 129 cm³/mol. The molecule has 0 atom stereocenters. The lowest BCUT2D eigenvalue weighted by Crippen LogP contribution is -2.46. The van der Waals surface area contributed by atoms with E-state index in [0.29, 0.717) is 11.6 Å². The Labute approximate surface area is 190 Å². The maximum atomic E-state index is 9.27. The van der Waals surface area contributed by atoms with Gasteiger partial charge in [0.15, 0.2) is 0 Å². The van der Waals surface area contributed by atoms with Gasteiger partial charge in [-0.05, 0) is 32.4 Å². The van der Waals surface area contributed by atoms with Crippen LogP contribution in [0.4, 0.5) is 5.95 Å². The number of anilines is 1. The van der Waals surface area contributed by atoms with Crippen LogP contribution in [0.2, 0.25) is 0 Å². The Morgan fingerprint density at radius 1 is 1.19 bits per heavy atom. The highest BCUT2D eigenvalue weighted by molar-refractivity contribution is 5.71. The number of hydrogen-bond donors (Lipinski definition) is 2. The fourth-order valence-electron chi connectivity index (χ4n) is 3.55. The van der Waals surface area contributed by atoms with Crippen LogP contribution in [0.3, 0.4) is 0 Å². The van der Waals surface area contributed by atoms with Crippen LogP contribution >= 0.6 is 0 Å². The van der Waals surface area contributed by atoms with Crippen molar-refractivity contribution in [3.63, 3.8) is 0 Å². The average Bonchev–Trinajstić information content (AvgIpc) is 3.26. The second-order valence-electron chi connectivity index (χ2n) is 7.86. The molecule has 0 spiro atoms. The highest BCUT2D eigenvalue weighted by atomic mass is 16.5. The molecule has 0 saturated carbocycles. The van der Waals surface area contributed by atoms with Crippen LogP contribution < -0.4 is 10.4 Å². The molecule has 0 bridgehead atoms. The lowest BCUT2D eigenvalue weighted by atomic mass is 10.1. The van der Waals surface area contributed by atoms with Crippen LogP contribution in [0.25, 0.3) is 11.3 Å². The number of rotatable bonds is 9. The summed E-state index contributed by atoms with van der Waals surface area (Å²) in [7, 11) is 0. The summed E-state index contributed by atoms with van der Waals surface area (Å²) in [6, 6.07) is 4.08. The summed E-state index contributed by atoms with van der Waals surface area (Å²) in [6.45, 7) is 14.2. The molecule has 2 aromatic heterocycles. The standard InChI is InChI=1S/C25H33N5O2/c1-5-7-23(28-31)21-16-26-25(27-17-21)30-14-12-29(13-15-30)18-22-10-11-24(32-22)20(6-2)9-8-19(3)4/h6-11,16-17,28,31H,3,5,12-15,18H2,1-2,4H3/b9-8-,20-6+,23-7-. The summed E-state index contributed by atoms with van der Waals surface area (Å²) in [5, 5.41) is 9.27. The van der Waals surface area contributed by atoms with E-state index in [1.807, 2.05) is 51.1 Å². The summed E-state index contributed by atoms with van der Waals surface area (Å²) in [5.74, 6) is 2.55. The van der Waals surface area contributed by atoms with Gasteiger partial charge in [0, 0.05) is 49.7 Å². The van der Waals surface area contributed by atoms with Crippen LogP contribution in [0.15, 0.2) is 65.4 Å². The van der Waals surface area contributed by atoms with Crippen molar-refractivity contribution in [2.45, 2.75) is 33.7 Å². The zero-order valence-corrected chi connectivity index (χ0v) is 19.2. The molecule has 2 aromatic rings. The number of nitrogens with one attached hydrogen (secondary N) is 1. The second-order valence-corrected chi connectivity index (χ2v) is 7.86. The molecule has 0 aromatic carbocycles. The van der Waals surface area contributed by atoms with Gasteiger partial charge in [-0.25, -0.2) is 9.97 Å². The minimum Gasteiger partial charge on any atom is -0.460 e. The van der Waals surface area contributed by atoms with Gasteiger partial charge in [-0.3, -0.25) is 15.6 Å². The molecule has 1 aliphatic heterocycles. The average molecular weight is 436 g/mol. The number of furan rings is 1. The number of hydrogen-bond acceptors (Lipinski definition) is 7. The molecule has 1 aliphatic rings. The van der Waals surface area contributed by atoms with Gasteiger partial charge in [-0.2, -0.15) is 0 Å². The molecule has 7 nitrogen and oxygen atoms in total. The van der Waals surface area contributed by atoms with Gasteiger partial charge >= 0.3 is 0 Å². The molecule has 3 rings (SSSR count). The zero-order valence-electron chi connectivity index (χ0n) is 19.2. The Kier molecular flexibility index (Phi) is 8.41. The predicted octanol–water partition coefficient (Wildman–Crippen LogP) is 4.66. The Morgan fingerprint density at radius 2 is 1.91 bits per heavy atom. The fraction of sp³-hybridized carbons (Fsp3) is 0.360. The molecule has 32 heavy (non-hydrogen) atoms. The molecule has 2 N–H and O–H groups in total. The summed E-state index contributed by atoms with van der Waals surface area (Å²) >= 11 is 0. The monoisotopic (exact) mass is 435 g/mol. The van der Waals surface area contributed by atoms with Gasteiger partial charge in [-0.1, -0.05) is 43.4 Å². The largest absolute Gasteiger partial charge is 0.460 e. The van der Waals surface area contributed by atoms with Gasteiger partial charge < -0.3 is 9.32 Å². The first kappa shape index (κ1) is 23.5. The first-order valence-electron chi connectivity index (χ1n) is 11.0. The van der Waals surface area contributed by atoms with E-state index in [4.69, 9.17) is 4.42 Å². The van der Waals surface area contributed by atoms with Gasteiger partial charge in [-0.15, -0.1) is 0 Å². The third kappa shape index (κ3) is 6.18. The van der Waals surface area contributed by atoms with E-state index < -0.39 is 0 Å². The number of aromatic nitrogens is 2. The van der Waals surface area contributed by atoms with Crippen LogP contribution in [0, 0.1) is 0 Å². The van der Waals surface area contributed by atoms with Crippen LogP contribution in [0.5, 0.6) is 0 Å². The van der Waals surface area contributed by atoms with E-state index >= 15 is 0 Å². The lowest BCUT2D eigenvalue weighted by molar-refractivity contribution is 0.224. The third-order valence-electron chi connectivity index (χ3n) is 5.32. The van der Waals surface area contributed by atoms with Crippen molar-refractivity contribution in [1.82, 2.24) is 20.3 Å². The van der Waals surface area contributed by atoms with Crippen molar-refractivity contribution >= 4 is 17.2 Å². The number of piperazine rings is 1. The maximum absolute atomic E-state index is 9.27. The molecule has 7 heteroatoms. The van der Waals surface area contributed by atoms with E-state index in [0.717, 1.165) is 67.4 Å². The topological polar surface area (TPSA) is 77.7 Å². The molecular formula is C25H33N5O2. The molecule has 1 saturated heterocycles. The lowest BCUT2D eigenvalue weighted by Gasteiger charge is -2.34. The van der Waals surface area contributed by atoms with E-state index in [2.05, 4.69) is 37.9 Å². The van der Waals surface area contributed by atoms with Crippen LogP contribution in [0.1, 0.15) is 44.3 Å². The fourth-order valence-corrected chi connectivity index (χ4v) is 3.55. The van der Waals surface area contributed by atoms with Gasteiger partial charge in [0.05, 0.1) is 12.2 Å². The summed E-state index contributed by atoms with van der Waals surface area (Å²) in [6.07, 6.45) is 12.3. The van der Waals surface area contributed by atoms with Crippen LogP contribution in [-0.2, 0) is 6.54 Å². The molecule has 0 amide bonds. The quantitative estimate of drug-likeness (QED) is 0.438. The SMILES string of the molecule is C=C(C)/C=C\C(=C/C)c1ccc(CN2CCN(c3ncc(/C(=C/CC)NO)cn3)CC2)o1. The Hall–Kier alpha value is -3.16. The Balaban J connectivity index is 1.55. The molecule has 1 fully saturated rings. The Bertz CT molecular complexity index is 980. The summed E-state index contributed by atoms with van der Waals surface area (Å²) in [4.78, 5) is 13.5. The smallest absolute Gasteiger partial charge is 0.225 e. The molecule has 170 valence electrons. The van der Waals surface area contributed by atoms with E-state index in [-0.39, 0.29) is 0 Å². The molecule has 0 radical (unpaired) electrons. The first-order chi connectivity index (χ1) is 15.5. The second kappa shape index (κ2) is 11.5. The van der Waals surface area contributed by atoms with Gasteiger partial charge in [0.1, 0.15) is 11.5 Å². The normalized spacial score (nSPS) is 16.1. The van der Waals surface area contributed by atoms with Crippen molar-refractivity contribution in [1.29, 1.82) is 0 Å². The molecule has 0 aliphatic carbocycles. The highest BCUT2D eigenvalue weighted by Crippen LogP contribution is 2.22. The number of allylic oxidation sites excluding steroid dienone is 6. The van der Waals surface area contributed by atoms with Crippen LogP contribution in [-0.4, -0.2) is 46.3 Å². The highest BCUT2D eigenvalue weighted by Gasteiger charge is 2.20. The first-order valence-corrected chi connectivity index (χ1v) is 11.0. The van der Waals surface area contributed by atoms with Crippen molar-refractivity contribution in [2.75, 3.05) is 31.1 Å². The van der Waals surface area contributed by atoms with Crippen molar-refractivity contribution < 1.29 is 9.62 Å². The van der Waals surface area contributed by atoms with E-state index in [9.17, 15) is 5.21 Å². The van der Waals surface area contributed by atoms with E-state index in [1.165, 1.54) is 0 Å². The van der Waals surface area contributed by atoms with Gasteiger partial charge in [0.25, 0.3) is 0 Å². The van der Waals surface area contributed by atoms with E-state index in [1.54, 1.807) is 12.4 Å². The molecular weight excluding hydrogens is 402 g/mol. The minimum absolute atomic E-state index is 0.623. The maximum Gasteiger partial charge on any atom is 0.225 e. The van der Waals surface area contributed by atoms with Crippen molar-refractivity contribution in [3.8, 4) is 0 Å². The minimum atomic E-state index is 0.623. The Morgan fingerprint density at radius 3 is 2.50 bits per heavy atom. The zero-order chi connectivity index (χ0) is 22.9. The van der Waals surface area contributed by atoms with Crippen molar-refractivity contribution in [2.24, 2.45) is 0 Å². The molecule has 3 heterocycles. The van der Waals surface area contributed by atoms with Crippen molar-refractivity contribution in [3.05, 3.63) is 78.1 Å². The third-order valence-corrected chi connectivity index (χ3v) is 5.32. The number of hydroxylamine groups is 1.